The van der Waals surface area contributed by atoms with Crippen molar-refractivity contribution in [2.45, 2.75) is 126 Å². The highest BCUT2D eigenvalue weighted by Crippen LogP contribution is 2.52. The third kappa shape index (κ3) is 10.3. The average Bonchev–Trinajstić information content (AvgIpc) is 4.12. The molecule has 0 unspecified atom stereocenters. The summed E-state index contributed by atoms with van der Waals surface area (Å²) in [7, 11) is 0. The fourth-order valence-electron chi connectivity index (χ4n) is 10.5. The zero-order valence-electron chi connectivity index (χ0n) is 42.0. The molecule has 0 spiro atoms. The lowest BCUT2D eigenvalue weighted by Gasteiger charge is -2.41. The summed E-state index contributed by atoms with van der Waals surface area (Å²) in [6.45, 7) is 6.00. The normalized spacial score (nSPS) is 23.0. The molecule has 4 aromatic carbocycles. The summed E-state index contributed by atoms with van der Waals surface area (Å²) >= 11 is 12.4. The third-order valence-corrected chi connectivity index (χ3v) is 14.9. The first-order chi connectivity index (χ1) is 36.0. The summed E-state index contributed by atoms with van der Waals surface area (Å²) < 4.78 is 45.8. The van der Waals surface area contributed by atoms with E-state index in [2.05, 4.69) is 9.97 Å². The molecule has 18 heteroatoms. The maximum Gasteiger partial charge on any atom is 0.257 e. The molecule has 4 N–H and O–H groups in total. The maximum atomic E-state index is 16.2. The monoisotopic (exact) mass is 1070 g/mol. The molecule has 392 valence electrons. The number of pyridine rings is 2. The molecule has 2 aliphatic carbocycles. The highest BCUT2D eigenvalue weighted by Gasteiger charge is 2.58. The molecule has 2 aromatic heterocycles. The van der Waals surface area contributed by atoms with Gasteiger partial charge in [-0.05, 0) is 150 Å². The van der Waals surface area contributed by atoms with Crippen molar-refractivity contribution in [2.75, 3.05) is 0 Å². The van der Waals surface area contributed by atoms with Gasteiger partial charge in [-0.15, -0.1) is 0 Å². The number of carbonyl (C=O) groups excluding carboxylic acids is 2. The number of fused-ring (bicyclic) bond motifs is 2. The molecular weight excluding hydrogens is 1020 g/mol. The van der Waals surface area contributed by atoms with E-state index in [4.69, 9.17) is 43.2 Å². The van der Waals surface area contributed by atoms with E-state index < -0.39 is 70.5 Å². The van der Waals surface area contributed by atoms with Crippen molar-refractivity contribution < 1.29 is 48.3 Å². The van der Waals surface area contributed by atoms with E-state index in [1.54, 1.807) is 72.8 Å². The third-order valence-electron chi connectivity index (χ3n) is 14.4. The zero-order chi connectivity index (χ0) is 54.5. The fraction of sp³-hybridized carbons (Fsp3) is 0.345. The molecular formula is C58H54Cl2F2N6O8. The Morgan fingerprint density at radius 1 is 0.618 bits per heavy atom. The molecule has 2 fully saturated rings. The number of aromatic nitrogens is 2. The number of rotatable bonds is 12. The van der Waals surface area contributed by atoms with Gasteiger partial charge in [-0.1, -0.05) is 47.5 Å². The molecule has 0 radical (unpaired) electrons. The van der Waals surface area contributed by atoms with Crippen LogP contribution in [0.15, 0.2) is 109 Å². The minimum absolute atomic E-state index is 0.0351. The van der Waals surface area contributed by atoms with Crippen LogP contribution in [0.4, 0.5) is 8.78 Å². The van der Waals surface area contributed by atoms with Crippen molar-refractivity contribution in [3.63, 3.8) is 0 Å². The number of aliphatic hydroxyl groups is 4. The number of ether oxygens (including phenoxy) is 2. The first-order valence-corrected chi connectivity index (χ1v) is 25.5. The van der Waals surface area contributed by atoms with Gasteiger partial charge in [0.05, 0.1) is 93.5 Å². The number of hydrogen-bond donors (Lipinski definition) is 4. The minimum Gasteiger partial charge on any atom is -0.393 e. The number of amides is 2. The van der Waals surface area contributed by atoms with Crippen LogP contribution in [0.5, 0.6) is 0 Å². The lowest BCUT2D eigenvalue weighted by molar-refractivity contribution is -0.149. The molecule has 14 nitrogen and oxygen atoms in total. The number of halogens is 4. The van der Waals surface area contributed by atoms with Gasteiger partial charge in [0.2, 0.25) is 11.4 Å². The van der Waals surface area contributed by atoms with Crippen molar-refractivity contribution in [1.29, 1.82) is 10.5 Å². The molecule has 6 aromatic rings. The summed E-state index contributed by atoms with van der Waals surface area (Å²) in [6, 6.07) is 29.3. The summed E-state index contributed by atoms with van der Waals surface area (Å²) in [5, 5.41) is 60.9. The van der Waals surface area contributed by atoms with Crippen LogP contribution in [0, 0.1) is 34.3 Å². The van der Waals surface area contributed by atoms with Gasteiger partial charge in [-0.25, -0.2) is 8.78 Å². The quantitative estimate of drug-likeness (QED) is 0.0902. The Balaban J connectivity index is 0.000000186. The maximum absolute atomic E-state index is 16.2. The highest BCUT2D eigenvalue weighted by atomic mass is 35.5. The van der Waals surface area contributed by atoms with Gasteiger partial charge < -0.3 is 29.9 Å². The lowest BCUT2D eigenvalue weighted by atomic mass is 9.88. The van der Waals surface area contributed by atoms with Crippen LogP contribution in [0.25, 0.3) is 0 Å². The summed E-state index contributed by atoms with van der Waals surface area (Å²) in [5.41, 5.74) is -2.79. The van der Waals surface area contributed by atoms with E-state index in [1.165, 1.54) is 74.2 Å². The highest BCUT2D eigenvalue weighted by molar-refractivity contribution is 6.30. The summed E-state index contributed by atoms with van der Waals surface area (Å²) in [6.07, 6.45) is 3.59. The molecule has 10 rings (SSSR count). The van der Waals surface area contributed by atoms with Crippen LogP contribution in [-0.4, -0.2) is 76.4 Å². The summed E-state index contributed by atoms with van der Waals surface area (Å²) in [4.78, 5) is 39.7. The van der Waals surface area contributed by atoms with E-state index in [0.717, 1.165) is 0 Å². The molecule has 0 bridgehead atoms. The topological polar surface area (TPSA) is 213 Å². The summed E-state index contributed by atoms with van der Waals surface area (Å²) in [5.74, 6) is -2.39. The van der Waals surface area contributed by atoms with Gasteiger partial charge in [0, 0.05) is 33.6 Å². The lowest BCUT2D eigenvalue weighted by Crippen LogP contribution is -2.48. The van der Waals surface area contributed by atoms with E-state index in [0.29, 0.717) is 82.2 Å². The van der Waals surface area contributed by atoms with Crippen molar-refractivity contribution in [3.8, 4) is 12.1 Å². The van der Waals surface area contributed by atoms with Crippen molar-refractivity contribution >= 4 is 35.0 Å². The standard InChI is InChI=1S/2C29H27ClFN3O4/c2*1-28(2,37)19-11-24-26(25(31)12-19)29(18-4-6-20(30)7-5-18,38-23-10-9-22(35)13-23)34(27(24)36)16-21-8-3-17(14-32)15-33-21/h2*3-8,11-12,15,22-23,35,37H,9-10,13,16H2,1-2H3/t22-,23+,29+;22-,23+,29-/m01/s1. The Hall–Kier alpha value is -6.70. The first kappa shape index (κ1) is 54.1. The largest absolute Gasteiger partial charge is 0.393 e. The van der Waals surface area contributed by atoms with E-state index >= 15 is 8.78 Å². The Labute approximate surface area is 448 Å². The number of aliphatic hydroxyl groups excluding tert-OH is 2. The Kier molecular flexibility index (Phi) is 15.0. The number of carbonyl (C=O) groups is 2. The molecule has 2 amide bonds. The minimum atomic E-state index is -1.69. The van der Waals surface area contributed by atoms with Gasteiger partial charge >= 0.3 is 0 Å². The van der Waals surface area contributed by atoms with Crippen LogP contribution < -0.4 is 0 Å². The van der Waals surface area contributed by atoms with E-state index in [-0.39, 0.29) is 46.5 Å². The Morgan fingerprint density at radius 3 is 1.28 bits per heavy atom. The van der Waals surface area contributed by atoms with E-state index in [9.17, 15) is 30.0 Å². The molecule has 76 heavy (non-hydrogen) atoms. The van der Waals surface area contributed by atoms with Crippen LogP contribution in [0.2, 0.25) is 10.0 Å². The van der Waals surface area contributed by atoms with Crippen molar-refractivity contribution in [3.05, 3.63) is 198 Å². The second-order valence-electron chi connectivity index (χ2n) is 20.7. The number of hydrogen-bond acceptors (Lipinski definition) is 12. The number of benzene rings is 4. The number of nitriles is 2. The van der Waals surface area contributed by atoms with Crippen LogP contribution in [0.1, 0.15) is 143 Å². The Bertz CT molecular complexity index is 3050. The second kappa shape index (κ2) is 21.0. The van der Waals surface area contributed by atoms with E-state index in [1.807, 2.05) is 12.1 Å². The van der Waals surface area contributed by atoms with Crippen LogP contribution in [-0.2, 0) is 45.2 Å². The van der Waals surface area contributed by atoms with Gasteiger partial charge in [-0.3, -0.25) is 29.4 Å². The fourth-order valence-corrected chi connectivity index (χ4v) is 10.8. The number of nitrogens with zero attached hydrogens (tertiary/aromatic N) is 6. The first-order valence-electron chi connectivity index (χ1n) is 24.8. The van der Waals surface area contributed by atoms with Gasteiger partial charge in [0.15, 0.2) is 0 Å². The Morgan fingerprint density at radius 2 is 0.987 bits per heavy atom. The predicted octanol–water partition coefficient (Wildman–Crippen LogP) is 9.52. The molecule has 0 saturated heterocycles. The molecule has 6 atom stereocenters. The molecule has 2 saturated carbocycles. The van der Waals surface area contributed by atoms with Crippen LogP contribution >= 0.6 is 23.2 Å². The molecule has 4 heterocycles. The SMILES string of the molecule is CC(C)(O)c1cc(F)c2c(c1)C(=O)N(Cc1ccc(C#N)cn1)[C@@]2(O[C@@H]1CC[C@H](O)C1)c1ccc(Cl)cc1.CC(C)(O)c1cc(F)c2c(c1)C(=O)N(Cc1ccc(C#N)cn1)[C@@]2(O[C@H]1CC[C@@H](O)C1)c1ccc(Cl)cc1. The predicted molar refractivity (Wildman–Crippen MR) is 275 cm³/mol. The smallest absolute Gasteiger partial charge is 0.257 e. The van der Waals surface area contributed by atoms with Crippen molar-refractivity contribution in [2.24, 2.45) is 0 Å². The van der Waals surface area contributed by atoms with Crippen LogP contribution in [0.3, 0.4) is 0 Å². The van der Waals surface area contributed by atoms with Crippen molar-refractivity contribution in [1.82, 2.24) is 19.8 Å². The second-order valence-corrected chi connectivity index (χ2v) is 21.6. The van der Waals surface area contributed by atoms with Gasteiger partial charge in [0.1, 0.15) is 23.8 Å². The van der Waals surface area contributed by atoms with Gasteiger partial charge in [-0.2, -0.15) is 10.5 Å². The average molecular weight is 1070 g/mol. The zero-order valence-corrected chi connectivity index (χ0v) is 43.5. The molecule has 2 aliphatic heterocycles. The van der Waals surface area contributed by atoms with Gasteiger partial charge in [0.25, 0.3) is 11.8 Å². The molecule has 4 aliphatic rings.